The first-order chi connectivity index (χ1) is 7.16. The molecular weight excluding hydrogens is 192 g/mol. The molecule has 2 rings (SSSR count). The molecule has 0 bridgehead atoms. The second kappa shape index (κ2) is 4.04. The van der Waals surface area contributed by atoms with E-state index in [1.54, 1.807) is 6.92 Å². The second-order valence-corrected chi connectivity index (χ2v) is 4.12. The quantitative estimate of drug-likeness (QED) is 0.775. The summed E-state index contributed by atoms with van der Waals surface area (Å²) >= 11 is 0. The van der Waals surface area contributed by atoms with Gasteiger partial charge < -0.3 is 9.73 Å². The Kier molecular flexibility index (Phi) is 2.75. The summed E-state index contributed by atoms with van der Waals surface area (Å²) in [5.41, 5.74) is 0.669. The fraction of sp³-hybridized carbons (Fsp3) is 0.636. The summed E-state index contributed by atoms with van der Waals surface area (Å²) in [6.45, 7) is 3.28. The van der Waals surface area contributed by atoms with Gasteiger partial charge in [0, 0.05) is 13.0 Å². The molecule has 1 aromatic rings. The van der Waals surface area contributed by atoms with Crippen LogP contribution in [0.15, 0.2) is 4.42 Å². The van der Waals surface area contributed by atoms with E-state index >= 15 is 0 Å². The van der Waals surface area contributed by atoms with E-state index in [1.165, 1.54) is 19.8 Å². The Morgan fingerprint density at radius 2 is 2.13 bits per heavy atom. The van der Waals surface area contributed by atoms with E-state index in [1.807, 2.05) is 0 Å². The Hall–Kier alpha value is -1.32. The third kappa shape index (κ3) is 2.19. The fourth-order valence-electron chi connectivity index (χ4n) is 2.03. The SMILES string of the molecule is CC(=O)c1oc(NC2CCCC2)nc1C. The molecule has 0 atom stereocenters. The van der Waals surface area contributed by atoms with Crippen LogP contribution in [0.25, 0.3) is 0 Å². The van der Waals surface area contributed by atoms with Crippen LogP contribution < -0.4 is 5.32 Å². The number of hydrogen-bond acceptors (Lipinski definition) is 4. The van der Waals surface area contributed by atoms with E-state index in [9.17, 15) is 4.79 Å². The first kappa shape index (κ1) is 10.2. The van der Waals surface area contributed by atoms with Gasteiger partial charge in [-0.2, -0.15) is 4.98 Å². The smallest absolute Gasteiger partial charge is 0.295 e. The van der Waals surface area contributed by atoms with Crippen LogP contribution in [-0.4, -0.2) is 16.8 Å². The van der Waals surface area contributed by atoms with Crippen molar-refractivity contribution < 1.29 is 9.21 Å². The predicted octanol–water partition coefficient (Wildman–Crippen LogP) is 2.54. The Bertz CT molecular complexity index is 365. The zero-order chi connectivity index (χ0) is 10.8. The number of Topliss-reactive ketones (excluding diaryl/α,β-unsaturated/α-hetero) is 1. The lowest BCUT2D eigenvalue weighted by Gasteiger charge is -2.08. The van der Waals surface area contributed by atoms with Gasteiger partial charge >= 0.3 is 0 Å². The van der Waals surface area contributed by atoms with Gasteiger partial charge in [-0.1, -0.05) is 12.8 Å². The molecule has 0 radical (unpaired) electrons. The number of anilines is 1. The van der Waals surface area contributed by atoms with Crippen LogP contribution in [0.1, 0.15) is 48.9 Å². The Morgan fingerprint density at radius 3 is 2.67 bits per heavy atom. The van der Waals surface area contributed by atoms with E-state index in [4.69, 9.17) is 4.42 Å². The number of rotatable bonds is 3. The molecule has 1 heterocycles. The van der Waals surface area contributed by atoms with Crippen molar-refractivity contribution in [3.63, 3.8) is 0 Å². The topological polar surface area (TPSA) is 55.1 Å². The number of aromatic nitrogens is 1. The van der Waals surface area contributed by atoms with E-state index in [2.05, 4.69) is 10.3 Å². The van der Waals surface area contributed by atoms with Gasteiger partial charge in [0.2, 0.25) is 0 Å². The molecular formula is C11H16N2O2. The maximum absolute atomic E-state index is 11.2. The summed E-state index contributed by atoms with van der Waals surface area (Å²) < 4.78 is 5.37. The molecule has 0 unspecified atom stereocenters. The molecule has 0 amide bonds. The number of hydrogen-bond donors (Lipinski definition) is 1. The van der Waals surface area contributed by atoms with Crippen LogP contribution in [0.3, 0.4) is 0 Å². The standard InChI is InChI=1S/C11H16N2O2/c1-7-10(8(2)14)15-11(12-7)13-9-5-3-4-6-9/h9H,3-6H2,1-2H3,(H,12,13). The number of aryl methyl sites for hydroxylation is 1. The van der Waals surface area contributed by atoms with Crippen molar-refractivity contribution in [3.8, 4) is 0 Å². The molecule has 0 aliphatic heterocycles. The summed E-state index contributed by atoms with van der Waals surface area (Å²) in [5.74, 6) is 0.301. The number of nitrogens with zero attached hydrogens (tertiary/aromatic N) is 1. The summed E-state index contributed by atoms with van der Waals surface area (Å²) in [5, 5.41) is 3.23. The fourth-order valence-corrected chi connectivity index (χ4v) is 2.03. The number of oxazole rings is 1. The average Bonchev–Trinajstić information content (AvgIpc) is 2.75. The lowest BCUT2D eigenvalue weighted by Crippen LogP contribution is -2.14. The number of carbonyl (C=O) groups excluding carboxylic acids is 1. The van der Waals surface area contributed by atoms with Gasteiger partial charge in [0.1, 0.15) is 0 Å². The molecule has 82 valence electrons. The maximum atomic E-state index is 11.2. The van der Waals surface area contributed by atoms with E-state index in [0.717, 1.165) is 12.8 Å². The molecule has 15 heavy (non-hydrogen) atoms. The van der Waals surface area contributed by atoms with Crippen molar-refractivity contribution in [2.45, 2.75) is 45.6 Å². The summed E-state index contributed by atoms with van der Waals surface area (Å²) in [6.07, 6.45) is 4.85. The highest BCUT2D eigenvalue weighted by atomic mass is 16.4. The van der Waals surface area contributed by atoms with Crippen LogP contribution in [0, 0.1) is 6.92 Å². The zero-order valence-electron chi connectivity index (χ0n) is 9.17. The Balaban J connectivity index is 2.08. The van der Waals surface area contributed by atoms with Crippen molar-refractivity contribution in [3.05, 3.63) is 11.5 Å². The Morgan fingerprint density at radius 1 is 1.47 bits per heavy atom. The molecule has 1 aromatic heterocycles. The zero-order valence-corrected chi connectivity index (χ0v) is 9.17. The largest absolute Gasteiger partial charge is 0.420 e. The predicted molar refractivity (Wildman–Crippen MR) is 57.1 cm³/mol. The van der Waals surface area contributed by atoms with Crippen LogP contribution in [0.4, 0.5) is 6.01 Å². The van der Waals surface area contributed by atoms with Crippen molar-refractivity contribution in [1.29, 1.82) is 0 Å². The third-order valence-electron chi connectivity index (χ3n) is 2.80. The molecule has 4 nitrogen and oxygen atoms in total. The summed E-state index contributed by atoms with van der Waals surface area (Å²) in [4.78, 5) is 15.4. The van der Waals surface area contributed by atoms with Crippen molar-refractivity contribution >= 4 is 11.8 Å². The molecule has 1 N–H and O–H groups in total. The van der Waals surface area contributed by atoms with Crippen LogP contribution in [0.5, 0.6) is 0 Å². The minimum absolute atomic E-state index is 0.0699. The lowest BCUT2D eigenvalue weighted by atomic mass is 10.3. The maximum Gasteiger partial charge on any atom is 0.295 e. The van der Waals surface area contributed by atoms with Crippen molar-refractivity contribution in [2.24, 2.45) is 0 Å². The van der Waals surface area contributed by atoms with Gasteiger partial charge in [-0.25, -0.2) is 0 Å². The van der Waals surface area contributed by atoms with Gasteiger partial charge in [-0.05, 0) is 19.8 Å². The first-order valence-corrected chi connectivity index (χ1v) is 5.41. The number of nitrogens with one attached hydrogen (secondary N) is 1. The summed E-state index contributed by atoms with van der Waals surface area (Å²) in [6, 6.07) is 0.951. The van der Waals surface area contributed by atoms with Gasteiger partial charge in [0.25, 0.3) is 6.01 Å². The van der Waals surface area contributed by atoms with E-state index in [0.29, 0.717) is 23.5 Å². The molecule has 4 heteroatoms. The van der Waals surface area contributed by atoms with Crippen molar-refractivity contribution in [1.82, 2.24) is 4.98 Å². The molecule has 1 aliphatic rings. The normalized spacial score (nSPS) is 16.9. The minimum Gasteiger partial charge on any atom is -0.420 e. The van der Waals surface area contributed by atoms with Gasteiger partial charge in [0.05, 0.1) is 5.69 Å². The molecule has 1 aliphatic carbocycles. The molecule has 1 fully saturated rings. The van der Waals surface area contributed by atoms with E-state index in [-0.39, 0.29) is 5.78 Å². The van der Waals surface area contributed by atoms with Gasteiger partial charge in [-0.15, -0.1) is 0 Å². The molecule has 1 saturated carbocycles. The molecule has 0 spiro atoms. The lowest BCUT2D eigenvalue weighted by molar-refractivity contribution is 0.0987. The Labute approximate surface area is 89.1 Å². The first-order valence-electron chi connectivity index (χ1n) is 5.41. The third-order valence-corrected chi connectivity index (χ3v) is 2.80. The highest BCUT2D eigenvalue weighted by Gasteiger charge is 2.19. The van der Waals surface area contributed by atoms with E-state index < -0.39 is 0 Å². The van der Waals surface area contributed by atoms with Gasteiger partial charge in [0.15, 0.2) is 11.5 Å². The van der Waals surface area contributed by atoms with Crippen LogP contribution in [-0.2, 0) is 0 Å². The average molecular weight is 208 g/mol. The van der Waals surface area contributed by atoms with Crippen LogP contribution >= 0.6 is 0 Å². The second-order valence-electron chi connectivity index (χ2n) is 4.12. The van der Waals surface area contributed by atoms with Gasteiger partial charge in [-0.3, -0.25) is 4.79 Å². The monoisotopic (exact) mass is 208 g/mol. The van der Waals surface area contributed by atoms with Crippen molar-refractivity contribution in [2.75, 3.05) is 5.32 Å². The highest BCUT2D eigenvalue weighted by molar-refractivity contribution is 5.92. The summed E-state index contributed by atoms with van der Waals surface area (Å²) in [7, 11) is 0. The number of carbonyl (C=O) groups is 1. The number of ketones is 1. The molecule has 0 saturated heterocycles. The molecule has 0 aromatic carbocycles. The highest BCUT2D eigenvalue weighted by Crippen LogP contribution is 2.23. The van der Waals surface area contributed by atoms with Crippen LogP contribution in [0.2, 0.25) is 0 Å². The minimum atomic E-state index is -0.0699.